The molecule has 2 atom stereocenters. The molecule has 0 aliphatic heterocycles. The summed E-state index contributed by atoms with van der Waals surface area (Å²) in [5.41, 5.74) is 0. The van der Waals surface area contributed by atoms with E-state index in [0.717, 1.165) is 0 Å². The molecule has 0 spiro atoms. The fourth-order valence-corrected chi connectivity index (χ4v) is 1.01. The van der Waals surface area contributed by atoms with Crippen LogP contribution in [-0.4, -0.2) is 36.2 Å². The molecule has 0 rings (SSSR count). The van der Waals surface area contributed by atoms with Crippen molar-refractivity contribution in [2.75, 3.05) is 7.11 Å². The van der Waals surface area contributed by atoms with Gasteiger partial charge < -0.3 is 15.2 Å². The molecule has 0 saturated heterocycles. The number of hydrogen-bond donors (Lipinski definition) is 2. The van der Waals surface area contributed by atoms with Crippen LogP contribution >= 0.6 is 0 Å². The Morgan fingerprint density at radius 1 is 1.36 bits per heavy atom. The second-order valence-electron chi connectivity index (χ2n) is 3.44. The Morgan fingerprint density at radius 3 is 2.14 bits per heavy atom. The van der Waals surface area contributed by atoms with Crippen molar-refractivity contribution < 1.29 is 19.4 Å². The average molecular weight is 203 g/mol. The lowest BCUT2D eigenvalue weighted by molar-refractivity contribution is -0.149. The molecule has 0 bridgehead atoms. The van der Waals surface area contributed by atoms with Crippen LogP contribution in [0, 0.1) is 5.92 Å². The van der Waals surface area contributed by atoms with Gasteiger partial charge in [0.25, 0.3) is 0 Å². The summed E-state index contributed by atoms with van der Waals surface area (Å²) in [6.07, 6.45) is -0.939. The molecule has 0 aromatic heterocycles. The zero-order chi connectivity index (χ0) is 11.3. The van der Waals surface area contributed by atoms with Crippen molar-refractivity contribution in [3.63, 3.8) is 0 Å². The highest BCUT2D eigenvalue weighted by Gasteiger charge is 2.30. The van der Waals surface area contributed by atoms with Crippen LogP contribution in [0.4, 0.5) is 0 Å². The van der Waals surface area contributed by atoms with Crippen molar-refractivity contribution in [3.05, 3.63) is 0 Å². The van der Waals surface area contributed by atoms with E-state index in [1.165, 1.54) is 14.0 Å². The number of nitrogens with one attached hydrogen (secondary N) is 1. The van der Waals surface area contributed by atoms with E-state index in [1.807, 2.05) is 0 Å². The number of carbonyl (C=O) groups is 2. The van der Waals surface area contributed by atoms with E-state index in [-0.39, 0.29) is 11.8 Å². The Morgan fingerprint density at radius 2 is 1.86 bits per heavy atom. The third kappa shape index (κ3) is 3.74. The maximum Gasteiger partial charge on any atom is 0.331 e. The van der Waals surface area contributed by atoms with Gasteiger partial charge >= 0.3 is 5.97 Å². The van der Waals surface area contributed by atoms with Crippen LogP contribution in [-0.2, 0) is 14.3 Å². The number of amides is 1. The summed E-state index contributed by atoms with van der Waals surface area (Å²) < 4.78 is 4.47. The lowest BCUT2D eigenvalue weighted by atomic mass is 10.00. The molecule has 14 heavy (non-hydrogen) atoms. The average Bonchev–Trinajstić information content (AvgIpc) is 2.11. The van der Waals surface area contributed by atoms with Crippen LogP contribution in [0.1, 0.15) is 20.8 Å². The van der Waals surface area contributed by atoms with E-state index in [1.54, 1.807) is 13.8 Å². The molecule has 82 valence electrons. The maximum absolute atomic E-state index is 11.2. The molecule has 0 radical (unpaired) electrons. The minimum Gasteiger partial charge on any atom is -0.467 e. The second-order valence-corrected chi connectivity index (χ2v) is 3.44. The summed E-state index contributed by atoms with van der Waals surface area (Å²) >= 11 is 0. The first kappa shape index (κ1) is 12.9. The first-order valence-corrected chi connectivity index (χ1v) is 4.43. The molecule has 0 aromatic carbocycles. The van der Waals surface area contributed by atoms with E-state index >= 15 is 0 Å². The number of methoxy groups -OCH3 is 1. The molecular formula is C9H17NO4. The highest BCUT2D eigenvalue weighted by molar-refractivity contribution is 5.83. The minimum absolute atomic E-state index is 0.133. The van der Waals surface area contributed by atoms with Gasteiger partial charge in [-0.3, -0.25) is 4.79 Å². The SMILES string of the molecule is COC(=O)[C@@H](NC(C)=O)[C@@H](O)C(C)C. The van der Waals surface area contributed by atoms with Crippen LogP contribution in [0.3, 0.4) is 0 Å². The molecular weight excluding hydrogens is 186 g/mol. The number of esters is 1. The zero-order valence-electron chi connectivity index (χ0n) is 8.90. The van der Waals surface area contributed by atoms with Crippen molar-refractivity contribution in [1.82, 2.24) is 5.32 Å². The van der Waals surface area contributed by atoms with Gasteiger partial charge in [-0.05, 0) is 5.92 Å². The predicted octanol–water partition coefficient (Wildman–Crippen LogP) is -0.319. The topological polar surface area (TPSA) is 75.6 Å². The first-order valence-electron chi connectivity index (χ1n) is 4.43. The molecule has 2 N–H and O–H groups in total. The Kier molecular flexibility index (Phi) is 5.15. The highest BCUT2D eigenvalue weighted by atomic mass is 16.5. The Hall–Kier alpha value is -1.10. The van der Waals surface area contributed by atoms with E-state index in [9.17, 15) is 14.7 Å². The maximum atomic E-state index is 11.2. The molecule has 0 aliphatic carbocycles. The van der Waals surface area contributed by atoms with Crippen molar-refractivity contribution in [1.29, 1.82) is 0 Å². The van der Waals surface area contributed by atoms with Gasteiger partial charge in [0, 0.05) is 6.92 Å². The fourth-order valence-electron chi connectivity index (χ4n) is 1.01. The molecule has 0 aromatic rings. The summed E-state index contributed by atoms with van der Waals surface area (Å²) in [6.45, 7) is 4.79. The van der Waals surface area contributed by atoms with E-state index in [4.69, 9.17) is 0 Å². The molecule has 0 aliphatic rings. The summed E-state index contributed by atoms with van der Waals surface area (Å²) in [5.74, 6) is -1.15. The Labute approximate surface area is 83.4 Å². The van der Waals surface area contributed by atoms with Crippen molar-refractivity contribution >= 4 is 11.9 Å². The zero-order valence-corrected chi connectivity index (χ0v) is 8.90. The number of ether oxygens (including phenoxy) is 1. The Balaban J connectivity index is 4.54. The van der Waals surface area contributed by atoms with Crippen LogP contribution in [0.5, 0.6) is 0 Å². The number of hydrogen-bond acceptors (Lipinski definition) is 4. The number of rotatable bonds is 4. The fraction of sp³-hybridized carbons (Fsp3) is 0.778. The molecule has 0 fully saturated rings. The summed E-state index contributed by atoms with van der Waals surface area (Å²) in [5, 5.41) is 12.0. The van der Waals surface area contributed by atoms with Crippen molar-refractivity contribution in [2.24, 2.45) is 5.92 Å². The number of aliphatic hydroxyl groups excluding tert-OH is 1. The molecule has 5 heteroatoms. The highest BCUT2D eigenvalue weighted by Crippen LogP contribution is 2.07. The normalized spacial score (nSPS) is 14.7. The third-order valence-corrected chi connectivity index (χ3v) is 1.84. The van der Waals surface area contributed by atoms with Crippen LogP contribution in [0.25, 0.3) is 0 Å². The second kappa shape index (κ2) is 5.59. The number of aliphatic hydroxyl groups is 1. The monoisotopic (exact) mass is 203 g/mol. The summed E-state index contributed by atoms with van der Waals surface area (Å²) in [6, 6.07) is -0.988. The standard InChI is InChI=1S/C9H17NO4/c1-5(2)8(12)7(9(13)14-4)10-6(3)11/h5,7-8,12H,1-4H3,(H,10,11)/t7-,8-/m0/s1. The van der Waals surface area contributed by atoms with Crippen LogP contribution in [0.2, 0.25) is 0 Å². The quantitative estimate of drug-likeness (QED) is 0.614. The first-order chi connectivity index (χ1) is 6.40. The minimum atomic E-state index is -0.988. The van der Waals surface area contributed by atoms with Crippen LogP contribution in [0.15, 0.2) is 0 Å². The molecule has 0 heterocycles. The molecule has 0 unspecified atom stereocenters. The number of carbonyl (C=O) groups excluding carboxylic acids is 2. The van der Waals surface area contributed by atoms with Gasteiger partial charge in [-0.1, -0.05) is 13.8 Å². The smallest absolute Gasteiger partial charge is 0.331 e. The summed E-state index contributed by atoms with van der Waals surface area (Å²) in [7, 11) is 1.21. The lowest BCUT2D eigenvalue weighted by Crippen LogP contribution is -2.50. The van der Waals surface area contributed by atoms with E-state index < -0.39 is 18.1 Å². The van der Waals surface area contributed by atoms with Crippen LogP contribution < -0.4 is 5.32 Å². The third-order valence-electron chi connectivity index (χ3n) is 1.84. The van der Waals surface area contributed by atoms with Gasteiger partial charge in [-0.15, -0.1) is 0 Å². The molecule has 1 amide bonds. The largest absolute Gasteiger partial charge is 0.467 e. The predicted molar refractivity (Wildman–Crippen MR) is 50.5 cm³/mol. The van der Waals surface area contributed by atoms with Gasteiger partial charge in [0.1, 0.15) is 0 Å². The van der Waals surface area contributed by atoms with Gasteiger partial charge in [-0.2, -0.15) is 0 Å². The summed E-state index contributed by atoms with van der Waals surface area (Å²) in [4.78, 5) is 22.0. The van der Waals surface area contributed by atoms with Gasteiger partial charge in [0.2, 0.25) is 5.91 Å². The van der Waals surface area contributed by atoms with Gasteiger partial charge in [0.05, 0.1) is 13.2 Å². The Bertz CT molecular complexity index is 215. The van der Waals surface area contributed by atoms with Crippen molar-refractivity contribution in [2.45, 2.75) is 32.9 Å². The molecule has 5 nitrogen and oxygen atoms in total. The molecule has 0 saturated carbocycles. The lowest BCUT2D eigenvalue weighted by Gasteiger charge is -2.23. The van der Waals surface area contributed by atoms with Crippen molar-refractivity contribution in [3.8, 4) is 0 Å². The van der Waals surface area contributed by atoms with E-state index in [0.29, 0.717) is 0 Å². The van der Waals surface area contributed by atoms with Gasteiger partial charge in [-0.25, -0.2) is 4.79 Å². The van der Waals surface area contributed by atoms with E-state index in [2.05, 4.69) is 10.1 Å². The van der Waals surface area contributed by atoms with Gasteiger partial charge in [0.15, 0.2) is 6.04 Å².